The predicted octanol–water partition coefficient (Wildman–Crippen LogP) is 3.07. The molecule has 0 unspecified atom stereocenters. The third-order valence-electron chi connectivity index (χ3n) is 3.44. The Morgan fingerprint density at radius 1 is 1.35 bits per heavy atom. The van der Waals surface area contributed by atoms with Crippen LogP contribution in [-0.2, 0) is 11.3 Å². The van der Waals surface area contributed by atoms with E-state index in [-0.39, 0.29) is 18.4 Å². The molecule has 0 saturated heterocycles. The first kappa shape index (κ1) is 15.4. The van der Waals surface area contributed by atoms with Crippen LogP contribution in [0.15, 0.2) is 30.5 Å². The van der Waals surface area contributed by atoms with Gasteiger partial charge in [-0.3, -0.25) is 14.9 Å². The summed E-state index contributed by atoms with van der Waals surface area (Å²) in [7, 11) is 0. The fourth-order valence-corrected chi connectivity index (χ4v) is 3.09. The second kappa shape index (κ2) is 6.29. The first-order valence-electron chi connectivity index (χ1n) is 7.24. The number of fused-ring (bicyclic) bond motifs is 1. The van der Waals surface area contributed by atoms with Crippen molar-refractivity contribution in [2.75, 3.05) is 5.32 Å². The largest absolute Gasteiger partial charge is 0.337 e. The van der Waals surface area contributed by atoms with Gasteiger partial charge in [0.15, 0.2) is 6.29 Å². The van der Waals surface area contributed by atoms with Gasteiger partial charge in [-0.15, -0.1) is 10.2 Å². The van der Waals surface area contributed by atoms with Gasteiger partial charge in [0, 0.05) is 28.6 Å². The highest BCUT2D eigenvalue weighted by Crippen LogP contribution is 2.23. The first-order valence-corrected chi connectivity index (χ1v) is 8.06. The zero-order chi connectivity index (χ0) is 16.4. The highest BCUT2D eigenvalue weighted by molar-refractivity contribution is 7.15. The van der Waals surface area contributed by atoms with Gasteiger partial charge >= 0.3 is 0 Å². The number of aromatic nitrogens is 3. The van der Waals surface area contributed by atoms with E-state index in [1.165, 1.54) is 11.3 Å². The van der Waals surface area contributed by atoms with Gasteiger partial charge in [0.05, 0.1) is 0 Å². The quantitative estimate of drug-likeness (QED) is 0.730. The summed E-state index contributed by atoms with van der Waals surface area (Å²) < 4.78 is 1.76. The maximum Gasteiger partial charge on any atom is 0.246 e. The summed E-state index contributed by atoms with van der Waals surface area (Å²) >= 11 is 1.37. The van der Waals surface area contributed by atoms with Gasteiger partial charge in [-0.05, 0) is 6.07 Å². The molecule has 6 nitrogen and oxygen atoms in total. The number of hydrogen-bond donors (Lipinski definition) is 1. The smallest absolute Gasteiger partial charge is 0.246 e. The molecule has 0 spiro atoms. The van der Waals surface area contributed by atoms with E-state index in [2.05, 4.69) is 15.5 Å². The molecule has 0 saturated carbocycles. The van der Waals surface area contributed by atoms with Crippen LogP contribution in [0.5, 0.6) is 0 Å². The lowest BCUT2D eigenvalue weighted by atomic mass is 10.2. The van der Waals surface area contributed by atoms with Crippen LogP contribution in [0, 0.1) is 0 Å². The number of amides is 1. The molecular formula is C16H16N4O2S. The molecular weight excluding hydrogens is 312 g/mol. The van der Waals surface area contributed by atoms with E-state index >= 15 is 0 Å². The lowest BCUT2D eigenvalue weighted by Crippen LogP contribution is -2.18. The van der Waals surface area contributed by atoms with Crippen LogP contribution < -0.4 is 5.32 Å². The number of anilines is 1. The first-order chi connectivity index (χ1) is 11.1. The van der Waals surface area contributed by atoms with Crippen LogP contribution in [0.1, 0.15) is 35.1 Å². The average molecular weight is 328 g/mol. The van der Waals surface area contributed by atoms with Crippen LogP contribution in [0.4, 0.5) is 5.13 Å². The van der Waals surface area contributed by atoms with E-state index in [0.717, 1.165) is 22.2 Å². The van der Waals surface area contributed by atoms with Crippen LogP contribution >= 0.6 is 11.3 Å². The van der Waals surface area contributed by atoms with Crippen LogP contribution in [-0.4, -0.2) is 27.0 Å². The topological polar surface area (TPSA) is 76.9 Å². The molecule has 2 heterocycles. The number of nitrogens with one attached hydrogen (secondary N) is 1. The van der Waals surface area contributed by atoms with E-state index in [1.807, 2.05) is 38.1 Å². The van der Waals surface area contributed by atoms with Gasteiger partial charge in [-0.1, -0.05) is 43.4 Å². The minimum absolute atomic E-state index is 0.116. The molecule has 2 aromatic heterocycles. The Kier molecular flexibility index (Phi) is 4.20. The number of rotatable bonds is 5. The number of benzene rings is 1. The summed E-state index contributed by atoms with van der Waals surface area (Å²) in [4.78, 5) is 23.4. The Balaban J connectivity index is 1.78. The number of para-hydroxylation sites is 1. The fourth-order valence-electron chi connectivity index (χ4n) is 2.33. The molecule has 118 valence electrons. The molecule has 1 N–H and O–H groups in total. The monoisotopic (exact) mass is 328 g/mol. The zero-order valence-electron chi connectivity index (χ0n) is 12.8. The van der Waals surface area contributed by atoms with Crippen molar-refractivity contribution in [3.05, 3.63) is 41.0 Å². The second-order valence-corrected chi connectivity index (χ2v) is 6.50. The number of hydrogen-bond acceptors (Lipinski definition) is 5. The summed E-state index contributed by atoms with van der Waals surface area (Å²) in [6, 6.07) is 7.50. The number of carbonyl (C=O) groups is 2. The molecule has 0 radical (unpaired) electrons. The van der Waals surface area contributed by atoms with Gasteiger partial charge in [0.25, 0.3) is 0 Å². The summed E-state index contributed by atoms with van der Waals surface area (Å²) in [6.45, 7) is 4.17. The van der Waals surface area contributed by atoms with E-state index < -0.39 is 0 Å². The van der Waals surface area contributed by atoms with Crippen LogP contribution in [0.3, 0.4) is 0 Å². The Morgan fingerprint density at radius 3 is 2.83 bits per heavy atom. The van der Waals surface area contributed by atoms with Crippen LogP contribution in [0.2, 0.25) is 0 Å². The number of carbonyl (C=O) groups excluding carboxylic acids is 2. The van der Waals surface area contributed by atoms with Crippen molar-refractivity contribution in [2.24, 2.45) is 0 Å². The highest BCUT2D eigenvalue weighted by atomic mass is 32.1. The Morgan fingerprint density at radius 2 is 2.13 bits per heavy atom. The molecule has 0 atom stereocenters. The van der Waals surface area contributed by atoms with Crippen LogP contribution in [0.25, 0.3) is 10.9 Å². The fraction of sp³-hybridized carbons (Fsp3) is 0.250. The number of nitrogens with zero attached hydrogens (tertiary/aromatic N) is 3. The molecule has 23 heavy (non-hydrogen) atoms. The van der Waals surface area contributed by atoms with Gasteiger partial charge < -0.3 is 4.57 Å². The Labute approximate surface area is 137 Å². The molecule has 1 amide bonds. The summed E-state index contributed by atoms with van der Waals surface area (Å²) in [5.74, 6) is 0.0800. The molecule has 3 aromatic rings. The molecule has 0 aliphatic rings. The van der Waals surface area contributed by atoms with E-state index in [9.17, 15) is 9.59 Å². The summed E-state index contributed by atoms with van der Waals surface area (Å²) in [6.07, 6.45) is 2.49. The second-order valence-electron chi connectivity index (χ2n) is 5.50. The molecule has 0 aliphatic carbocycles. The summed E-state index contributed by atoms with van der Waals surface area (Å²) in [5, 5.41) is 13.0. The van der Waals surface area contributed by atoms with E-state index in [1.54, 1.807) is 10.8 Å². The van der Waals surface area contributed by atoms with Crippen molar-refractivity contribution in [2.45, 2.75) is 26.3 Å². The molecule has 3 rings (SSSR count). The molecule has 0 bridgehead atoms. The standard InChI is InChI=1S/C16H16N4O2S/c1-10(2)15-18-19-16(23-15)17-14(22)8-20-7-11(9-21)12-5-3-4-6-13(12)20/h3-7,9-10H,8H2,1-2H3,(H,17,19,22). The van der Waals surface area contributed by atoms with Crippen molar-refractivity contribution in [1.82, 2.24) is 14.8 Å². The highest BCUT2D eigenvalue weighted by Gasteiger charge is 2.13. The van der Waals surface area contributed by atoms with Crippen molar-refractivity contribution in [3.63, 3.8) is 0 Å². The predicted molar refractivity (Wildman–Crippen MR) is 90.0 cm³/mol. The third-order valence-corrected chi connectivity index (χ3v) is 4.58. The lowest BCUT2D eigenvalue weighted by Gasteiger charge is -2.04. The molecule has 7 heteroatoms. The lowest BCUT2D eigenvalue weighted by molar-refractivity contribution is -0.116. The van der Waals surface area contributed by atoms with Crippen molar-refractivity contribution < 1.29 is 9.59 Å². The zero-order valence-corrected chi connectivity index (χ0v) is 13.6. The average Bonchev–Trinajstić information content (AvgIpc) is 3.13. The van der Waals surface area contributed by atoms with E-state index in [4.69, 9.17) is 0 Å². The third kappa shape index (κ3) is 3.14. The van der Waals surface area contributed by atoms with Gasteiger partial charge in [-0.2, -0.15) is 0 Å². The SMILES string of the molecule is CC(C)c1nnc(NC(=O)Cn2cc(C=O)c3ccccc32)s1. The van der Waals surface area contributed by atoms with Crippen molar-refractivity contribution >= 4 is 39.6 Å². The molecule has 0 fully saturated rings. The van der Waals surface area contributed by atoms with Crippen molar-refractivity contribution in [1.29, 1.82) is 0 Å². The van der Waals surface area contributed by atoms with Gasteiger partial charge in [0.2, 0.25) is 11.0 Å². The van der Waals surface area contributed by atoms with Gasteiger partial charge in [-0.25, -0.2) is 0 Å². The van der Waals surface area contributed by atoms with Crippen molar-refractivity contribution in [3.8, 4) is 0 Å². The van der Waals surface area contributed by atoms with Gasteiger partial charge in [0.1, 0.15) is 11.6 Å². The maximum atomic E-state index is 12.2. The summed E-state index contributed by atoms with van der Waals surface area (Å²) in [5.41, 5.74) is 1.43. The minimum atomic E-state index is -0.199. The number of aldehydes is 1. The molecule has 0 aliphatic heterocycles. The maximum absolute atomic E-state index is 12.2. The Hall–Kier alpha value is -2.54. The normalized spacial score (nSPS) is 11.1. The van der Waals surface area contributed by atoms with E-state index in [0.29, 0.717) is 10.7 Å². The minimum Gasteiger partial charge on any atom is -0.337 e. The molecule has 1 aromatic carbocycles. The Bertz CT molecular complexity index is 866.